The lowest BCUT2D eigenvalue weighted by Crippen LogP contribution is -2.37. The number of hydrogen-bond acceptors (Lipinski definition) is 5. The monoisotopic (exact) mass is 464 g/mol. The van der Waals surface area contributed by atoms with Gasteiger partial charge in [-0.3, -0.25) is 0 Å². The number of nitrogens with zero attached hydrogens (tertiary/aromatic N) is 4. The van der Waals surface area contributed by atoms with Gasteiger partial charge in [0.15, 0.2) is 12.2 Å². The summed E-state index contributed by atoms with van der Waals surface area (Å²) in [6, 6.07) is 11.8. The maximum absolute atomic E-state index is 6.57. The number of rotatable bonds is 3. The zero-order chi connectivity index (χ0) is 22.4. The summed E-state index contributed by atoms with van der Waals surface area (Å²) in [5.74, 6) is 0.719. The zero-order valence-electron chi connectivity index (χ0n) is 17.9. The Morgan fingerprint density at radius 2 is 1.84 bits per heavy atom. The molecule has 0 spiro atoms. The smallest absolute Gasteiger partial charge is 0.181 e. The lowest BCUT2D eigenvalue weighted by atomic mass is 9.89. The van der Waals surface area contributed by atoms with Gasteiger partial charge in [-0.05, 0) is 55.7 Å². The van der Waals surface area contributed by atoms with Gasteiger partial charge in [0.2, 0.25) is 0 Å². The number of benzene rings is 2. The highest BCUT2D eigenvalue weighted by Crippen LogP contribution is 2.42. The SMILES string of the molecule is C=C1C2=C(CCCN2C)C(c2cc(C)cc(-c3cnco3)c2)=NN1c1c(Cl)cccc1Cl. The van der Waals surface area contributed by atoms with E-state index in [1.165, 1.54) is 12.0 Å². The minimum Gasteiger partial charge on any atom is -0.444 e. The fourth-order valence-electron chi connectivity index (χ4n) is 4.43. The molecule has 0 fully saturated rings. The van der Waals surface area contributed by atoms with Crippen molar-refractivity contribution in [2.75, 3.05) is 18.6 Å². The maximum Gasteiger partial charge on any atom is 0.181 e. The largest absolute Gasteiger partial charge is 0.444 e. The molecule has 0 saturated carbocycles. The van der Waals surface area contributed by atoms with Crippen LogP contribution in [0.15, 0.2) is 82.1 Å². The number of aryl methyl sites for hydroxylation is 1. The number of hydrogen-bond donors (Lipinski definition) is 0. The van der Waals surface area contributed by atoms with E-state index in [4.69, 9.17) is 32.7 Å². The lowest BCUT2D eigenvalue weighted by Gasteiger charge is -2.39. The number of allylic oxidation sites excluding steroid dienone is 1. The molecule has 0 unspecified atom stereocenters. The van der Waals surface area contributed by atoms with Crippen LogP contribution in [-0.2, 0) is 0 Å². The van der Waals surface area contributed by atoms with E-state index < -0.39 is 0 Å². The van der Waals surface area contributed by atoms with Gasteiger partial charge in [-0.25, -0.2) is 9.99 Å². The summed E-state index contributed by atoms with van der Waals surface area (Å²) in [4.78, 5) is 6.30. The van der Waals surface area contributed by atoms with Crippen LogP contribution in [0.4, 0.5) is 5.69 Å². The maximum atomic E-state index is 6.57. The number of anilines is 1. The molecule has 0 N–H and O–H groups in total. The molecular formula is C25H22Cl2N4O. The third-order valence-corrected chi connectivity index (χ3v) is 6.43. The lowest BCUT2D eigenvalue weighted by molar-refractivity contribution is 0.386. The average molecular weight is 465 g/mol. The zero-order valence-corrected chi connectivity index (χ0v) is 19.4. The van der Waals surface area contributed by atoms with E-state index in [0.717, 1.165) is 58.9 Å². The fraction of sp³-hybridized carbons (Fsp3) is 0.200. The van der Waals surface area contributed by atoms with E-state index in [1.54, 1.807) is 11.2 Å². The predicted octanol–water partition coefficient (Wildman–Crippen LogP) is 6.67. The minimum atomic E-state index is 0.524. The van der Waals surface area contributed by atoms with Gasteiger partial charge in [0.1, 0.15) is 5.69 Å². The van der Waals surface area contributed by atoms with Crippen molar-refractivity contribution in [3.63, 3.8) is 0 Å². The van der Waals surface area contributed by atoms with Crippen LogP contribution in [0.2, 0.25) is 10.0 Å². The molecule has 0 atom stereocenters. The van der Waals surface area contributed by atoms with Crippen molar-refractivity contribution in [1.82, 2.24) is 9.88 Å². The molecule has 2 aliphatic heterocycles. The van der Waals surface area contributed by atoms with Gasteiger partial charge in [-0.15, -0.1) is 0 Å². The first-order valence-corrected chi connectivity index (χ1v) is 11.2. The number of likely N-dealkylation sites (N-methyl/N-ethyl adjacent to an activating group) is 1. The van der Waals surface area contributed by atoms with E-state index >= 15 is 0 Å². The minimum absolute atomic E-state index is 0.524. The van der Waals surface area contributed by atoms with Crippen LogP contribution < -0.4 is 5.01 Å². The van der Waals surface area contributed by atoms with E-state index in [0.29, 0.717) is 15.7 Å². The summed E-state index contributed by atoms with van der Waals surface area (Å²) in [5, 5.41) is 7.88. The summed E-state index contributed by atoms with van der Waals surface area (Å²) in [7, 11) is 2.09. The predicted molar refractivity (Wildman–Crippen MR) is 130 cm³/mol. The van der Waals surface area contributed by atoms with Gasteiger partial charge < -0.3 is 9.32 Å². The van der Waals surface area contributed by atoms with Gasteiger partial charge in [0.05, 0.1) is 33.3 Å². The van der Waals surface area contributed by atoms with Crippen LogP contribution in [0.3, 0.4) is 0 Å². The first kappa shape index (κ1) is 20.9. The number of halogens is 2. The van der Waals surface area contributed by atoms with Gasteiger partial charge in [0.25, 0.3) is 0 Å². The summed E-state index contributed by atoms with van der Waals surface area (Å²) >= 11 is 13.1. The third-order valence-electron chi connectivity index (χ3n) is 5.82. The molecule has 32 heavy (non-hydrogen) atoms. The molecule has 3 aromatic rings. The van der Waals surface area contributed by atoms with Crippen molar-refractivity contribution in [2.24, 2.45) is 5.10 Å². The van der Waals surface area contributed by atoms with E-state index in [2.05, 4.69) is 48.6 Å². The van der Waals surface area contributed by atoms with E-state index in [-0.39, 0.29) is 0 Å². The van der Waals surface area contributed by atoms with Gasteiger partial charge in [0, 0.05) is 30.3 Å². The number of oxazole rings is 1. The molecule has 5 nitrogen and oxygen atoms in total. The Morgan fingerprint density at radius 1 is 1.09 bits per heavy atom. The van der Waals surface area contributed by atoms with Crippen LogP contribution in [-0.4, -0.2) is 29.2 Å². The van der Waals surface area contributed by atoms with E-state index in [1.807, 2.05) is 18.2 Å². The van der Waals surface area contributed by atoms with Crippen molar-refractivity contribution in [2.45, 2.75) is 19.8 Å². The van der Waals surface area contributed by atoms with Crippen LogP contribution in [0, 0.1) is 6.92 Å². The quantitative estimate of drug-likeness (QED) is 0.433. The van der Waals surface area contributed by atoms with Crippen molar-refractivity contribution < 1.29 is 4.42 Å². The molecule has 0 amide bonds. The summed E-state index contributed by atoms with van der Waals surface area (Å²) in [5.41, 5.74) is 7.60. The van der Waals surface area contributed by atoms with E-state index in [9.17, 15) is 0 Å². The Labute approximate surface area is 197 Å². The average Bonchev–Trinajstić information content (AvgIpc) is 3.30. The van der Waals surface area contributed by atoms with Crippen molar-refractivity contribution in [3.05, 3.63) is 93.7 Å². The molecule has 7 heteroatoms. The molecule has 2 aromatic carbocycles. The Bertz CT molecular complexity index is 1260. The molecule has 2 aliphatic rings. The van der Waals surface area contributed by atoms with Crippen LogP contribution in [0.25, 0.3) is 11.3 Å². The topological polar surface area (TPSA) is 44.9 Å². The van der Waals surface area contributed by atoms with Crippen molar-refractivity contribution >= 4 is 34.6 Å². The first-order chi connectivity index (χ1) is 15.4. The van der Waals surface area contributed by atoms with Gasteiger partial charge >= 0.3 is 0 Å². The molecular weight excluding hydrogens is 443 g/mol. The van der Waals surface area contributed by atoms with Gasteiger partial charge in [-0.2, -0.15) is 5.10 Å². The number of aromatic nitrogens is 1. The van der Waals surface area contributed by atoms with Crippen molar-refractivity contribution in [3.8, 4) is 11.3 Å². The molecule has 3 heterocycles. The van der Waals surface area contributed by atoms with Crippen LogP contribution in [0.1, 0.15) is 24.0 Å². The summed E-state index contributed by atoms with van der Waals surface area (Å²) < 4.78 is 5.55. The van der Waals surface area contributed by atoms with Crippen LogP contribution in [0.5, 0.6) is 0 Å². The standard InChI is InChI=1S/C25H22Cl2N4O/c1-15-10-17(22-13-28-14-32-22)12-18(11-15)23-19-6-5-9-30(3)24(19)16(2)31(29-23)25-20(26)7-4-8-21(25)27/h4,7-8,10-14H,2,5-6,9H2,1,3H3. The number of para-hydroxylation sites is 1. The Morgan fingerprint density at radius 3 is 2.56 bits per heavy atom. The second-order valence-electron chi connectivity index (χ2n) is 8.08. The summed E-state index contributed by atoms with van der Waals surface area (Å²) in [6.45, 7) is 7.39. The molecule has 1 aromatic heterocycles. The van der Waals surface area contributed by atoms with Gasteiger partial charge in [-0.1, -0.05) is 35.8 Å². The molecule has 0 saturated heterocycles. The first-order valence-electron chi connectivity index (χ1n) is 10.4. The van der Waals surface area contributed by atoms with Crippen LogP contribution >= 0.6 is 23.2 Å². The highest BCUT2D eigenvalue weighted by atomic mass is 35.5. The highest BCUT2D eigenvalue weighted by Gasteiger charge is 2.33. The molecule has 0 radical (unpaired) electrons. The Hall–Kier alpha value is -3.02. The van der Waals surface area contributed by atoms with Crippen molar-refractivity contribution in [1.29, 1.82) is 0 Å². The molecule has 0 aliphatic carbocycles. The third kappa shape index (κ3) is 3.51. The second-order valence-corrected chi connectivity index (χ2v) is 8.90. The number of hydrazone groups is 1. The Balaban J connectivity index is 1.73. The molecule has 0 bridgehead atoms. The normalized spacial score (nSPS) is 16.4. The summed E-state index contributed by atoms with van der Waals surface area (Å²) in [6.07, 6.45) is 5.14. The Kier molecular flexibility index (Phi) is 5.31. The molecule has 5 rings (SSSR count). The second kappa shape index (κ2) is 8.15. The highest BCUT2D eigenvalue weighted by molar-refractivity contribution is 6.39. The fourth-order valence-corrected chi connectivity index (χ4v) is 4.99. The molecule has 162 valence electrons.